The molecule has 0 unspecified atom stereocenters. The molecule has 1 aliphatic heterocycles. The maximum absolute atomic E-state index is 11.4. The first kappa shape index (κ1) is 8.86. The van der Waals surface area contributed by atoms with E-state index in [1.54, 1.807) is 11.1 Å². The summed E-state index contributed by atoms with van der Waals surface area (Å²) in [5.74, 6) is 0.531. The molecule has 6 heteroatoms. The first-order chi connectivity index (χ1) is 6.77. The third-order valence-electron chi connectivity index (χ3n) is 2.28. The number of anilines is 1. The maximum Gasteiger partial charge on any atom is 0.317 e. The fourth-order valence-corrected chi connectivity index (χ4v) is 1.48. The highest BCUT2D eigenvalue weighted by Gasteiger charge is 2.18. The summed E-state index contributed by atoms with van der Waals surface area (Å²) in [6.45, 7) is 2.06. The molecule has 1 aromatic heterocycles. The maximum atomic E-state index is 11.4. The van der Waals surface area contributed by atoms with Gasteiger partial charge in [0.1, 0.15) is 5.82 Å². The molecule has 0 saturated carbocycles. The Morgan fingerprint density at radius 2 is 2.50 bits per heavy atom. The molecule has 4 N–H and O–H groups in total. The summed E-state index contributed by atoms with van der Waals surface area (Å²) in [7, 11) is 0. The Morgan fingerprint density at radius 3 is 3.14 bits per heavy atom. The molecule has 76 valence electrons. The number of amides is 2. The molecule has 6 nitrogen and oxygen atoms in total. The number of aromatic amines is 1. The van der Waals surface area contributed by atoms with Crippen molar-refractivity contribution in [2.75, 3.05) is 18.8 Å². The second-order valence-corrected chi connectivity index (χ2v) is 3.32. The van der Waals surface area contributed by atoms with Gasteiger partial charge in [-0.25, -0.2) is 4.79 Å². The van der Waals surface area contributed by atoms with Crippen molar-refractivity contribution in [3.63, 3.8) is 0 Å². The van der Waals surface area contributed by atoms with E-state index in [0.717, 1.165) is 25.1 Å². The average molecular weight is 195 g/mol. The van der Waals surface area contributed by atoms with Crippen LogP contribution >= 0.6 is 0 Å². The van der Waals surface area contributed by atoms with E-state index in [1.165, 1.54) is 0 Å². The molecule has 2 rings (SSSR count). The van der Waals surface area contributed by atoms with Gasteiger partial charge < -0.3 is 16.0 Å². The number of urea groups is 1. The summed E-state index contributed by atoms with van der Waals surface area (Å²) in [6, 6.07) is -0.0307. The van der Waals surface area contributed by atoms with Gasteiger partial charge in [0.15, 0.2) is 0 Å². The molecule has 0 bridgehead atoms. The predicted octanol–water partition coefficient (Wildman–Crippen LogP) is -0.0928. The molecular weight excluding hydrogens is 182 g/mol. The number of nitrogens with zero attached hydrogens (tertiary/aromatic N) is 2. The van der Waals surface area contributed by atoms with Crippen molar-refractivity contribution in [2.24, 2.45) is 0 Å². The van der Waals surface area contributed by atoms with Crippen LogP contribution in [0.4, 0.5) is 10.6 Å². The lowest BCUT2D eigenvalue weighted by molar-refractivity contribution is 0.183. The van der Waals surface area contributed by atoms with Crippen LogP contribution in [-0.2, 0) is 6.54 Å². The topological polar surface area (TPSA) is 87.0 Å². The normalized spacial score (nSPS) is 16.9. The zero-order chi connectivity index (χ0) is 9.97. The summed E-state index contributed by atoms with van der Waals surface area (Å²) in [5, 5.41) is 9.23. The predicted molar refractivity (Wildman–Crippen MR) is 51.4 cm³/mol. The molecule has 0 radical (unpaired) electrons. The van der Waals surface area contributed by atoms with Crippen LogP contribution < -0.4 is 11.1 Å². The quantitative estimate of drug-likeness (QED) is 0.616. The van der Waals surface area contributed by atoms with Crippen LogP contribution in [0.2, 0.25) is 0 Å². The minimum Gasteiger partial charge on any atom is -0.384 e. The number of hydrogen-bond donors (Lipinski definition) is 3. The lowest BCUT2D eigenvalue weighted by atomic mass is 10.2. The van der Waals surface area contributed by atoms with Crippen molar-refractivity contribution in [3.8, 4) is 0 Å². The van der Waals surface area contributed by atoms with Crippen LogP contribution in [0.25, 0.3) is 0 Å². The molecule has 1 aromatic rings. The van der Waals surface area contributed by atoms with Gasteiger partial charge in [-0.15, -0.1) is 0 Å². The van der Waals surface area contributed by atoms with E-state index < -0.39 is 0 Å². The van der Waals surface area contributed by atoms with Crippen LogP contribution in [-0.4, -0.2) is 34.2 Å². The molecule has 14 heavy (non-hydrogen) atoms. The fourth-order valence-electron chi connectivity index (χ4n) is 1.48. The fraction of sp³-hybridized carbons (Fsp3) is 0.500. The highest BCUT2D eigenvalue weighted by Crippen LogP contribution is 2.11. The smallest absolute Gasteiger partial charge is 0.317 e. The van der Waals surface area contributed by atoms with Crippen LogP contribution in [0.3, 0.4) is 0 Å². The number of nitrogens with one attached hydrogen (secondary N) is 2. The van der Waals surface area contributed by atoms with Crippen LogP contribution in [0.1, 0.15) is 12.0 Å². The van der Waals surface area contributed by atoms with Gasteiger partial charge in [0, 0.05) is 18.7 Å². The molecule has 0 atom stereocenters. The van der Waals surface area contributed by atoms with Crippen molar-refractivity contribution in [1.29, 1.82) is 0 Å². The van der Waals surface area contributed by atoms with E-state index in [0.29, 0.717) is 12.4 Å². The van der Waals surface area contributed by atoms with Gasteiger partial charge in [-0.2, -0.15) is 5.10 Å². The number of aromatic nitrogens is 2. The summed E-state index contributed by atoms with van der Waals surface area (Å²) < 4.78 is 0. The van der Waals surface area contributed by atoms with Gasteiger partial charge in [-0.1, -0.05) is 0 Å². The second kappa shape index (κ2) is 3.57. The van der Waals surface area contributed by atoms with E-state index in [4.69, 9.17) is 5.73 Å². The van der Waals surface area contributed by atoms with Crippen molar-refractivity contribution in [1.82, 2.24) is 20.4 Å². The van der Waals surface area contributed by atoms with Crippen molar-refractivity contribution in [2.45, 2.75) is 13.0 Å². The summed E-state index contributed by atoms with van der Waals surface area (Å²) in [6.07, 6.45) is 2.63. The van der Waals surface area contributed by atoms with E-state index >= 15 is 0 Å². The molecule has 1 aliphatic rings. The van der Waals surface area contributed by atoms with E-state index in [1.807, 2.05) is 0 Å². The summed E-state index contributed by atoms with van der Waals surface area (Å²) in [5.41, 5.74) is 6.49. The number of carbonyl (C=O) groups is 1. The Morgan fingerprint density at radius 1 is 1.64 bits per heavy atom. The second-order valence-electron chi connectivity index (χ2n) is 3.32. The molecule has 2 amide bonds. The van der Waals surface area contributed by atoms with E-state index in [-0.39, 0.29) is 6.03 Å². The number of nitrogen functional groups attached to an aromatic ring is 1. The molecular formula is C8H13N5O. The molecule has 1 fully saturated rings. The average Bonchev–Trinajstić information content (AvgIpc) is 2.56. The third-order valence-corrected chi connectivity index (χ3v) is 2.28. The number of nitrogens with two attached hydrogens (primary N) is 1. The van der Waals surface area contributed by atoms with Crippen molar-refractivity contribution < 1.29 is 4.79 Å². The lowest BCUT2D eigenvalue weighted by Gasteiger charge is -2.27. The highest BCUT2D eigenvalue weighted by atomic mass is 16.2. The molecule has 0 aliphatic carbocycles. The molecule has 2 heterocycles. The minimum atomic E-state index is -0.0307. The van der Waals surface area contributed by atoms with Crippen molar-refractivity contribution >= 4 is 11.8 Å². The van der Waals surface area contributed by atoms with Gasteiger partial charge in [0.05, 0.1) is 12.7 Å². The number of rotatable bonds is 2. The zero-order valence-corrected chi connectivity index (χ0v) is 7.79. The van der Waals surface area contributed by atoms with Gasteiger partial charge in [0.2, 0.25) is 0 Å². The first-order valence-electron chi connectivity index (χ1n) is 4.58. The Hall–Kier alpha value is -1.72. The Labute approximate surface area is 81.5 Å². The van der Waals surface area contributed by atoms with Crippen molar-refractivity contribution in [3.05, 3.63) is 11.8 Å². The number of H-pyrrole nitrogens is 1. The monoisotopic (exact) mass is 195 g/mol. The SMILES string of the molecule is Nc1[nH]ncc1CN1CCCNC1=O. The number of hydrogen-bond acceptors (Lipinski definition) is 3. The molecule has 1 saturated heterocycles. The minimum absolute atomic E-state index is 0.0307. The molecule has 0 aromatic carbocycles. The van der Waals surface area contributed by atoms with E-state index in [9.17, 15) is 4.79 Å². The van der Waals surface area contributed by atoms with Crippen LogP contribution in [0.5, 0.6) is 0 Å². The van der Waals surface area contributed by atoms with E-state index in [2.05, 4.69) is 15.5 Å². The van der Waals surface area contributed by atoms with Crippen LogP contribution in [0.15, 0.2) is 6.20 Å². The third kappa shape index (κ3) is 1.63. The van der Waals surface area contributed by atoms with Gasteiger partial charge in [-0.05, 0) is 6.42 Å². The van der Waals surface area contributed by atoms with Gasteiger partial charge in [-0.3, -0.25) is 5.10 Å². The van der Waals surface area contributed by atoms with Crippen LogP contribution in [0, 0.1) is 0 Å². The molecule has 0 spiro atoms. The van der Waals surface area contributed by atoms with Gasteiger partial charge in [0.25, 0.3) is 0 Å². The number of carbonyl (C=O) groups excluding carboxylic acids is 1. The lowest BCUT2D eigenvalue weighted by Crippen LogP contribution is -2.45. The Kier molecular flexibility index (Phi) is 2.26. The Bertz CT molecular complexity index is 334. The first-order valence-corrected chi connectivity index (χ1v) is 4.58. The summed E-state index contributed by atoms with van der Waals surface area (Å²) in [4.78, 5) is 13.1. The zero-order valence-electron chi connectivity index (χ0n) is 7.79. The summed E-state index contributed by atoms with van der Waals surface area (Å²) >= 11 is 0. The van der Waals surface area contributed by atoms with Gasteiger partial charge >= 0.3 is 6.03 Å². The largest absolute Gasteiger partial charge is 0.384 e. The standard InChI is InChI=1S/C8H13N5O/c9-7-6(4-11-12-7)5-13-3-1-2-10-8(13)14/h4H,1-3,5H2,(H,10,14)(H3,9,11,12). The highest BCUT2D eigenvalue weighted by molar-refractivity contribution is 5.75. The Balaban J connectivity index is 2.03.